The van der Waals surface area contributed by atoms with Crippen molar-refractivity contribution in [1.29, 1.82) is 0 Å². The number of rotatable bonds is 6. The number of hydrogen-bond acceptors (Lipinski definition) is 3. The van der Waals surface area contributed by atoms with Crippen LogP contribution < -0.4 is 0 Å². The molecule has 0 bridgehead atoms. The number of para-hydroxylation sites is 1. The van der Waals surface area contributed by atoms with E-state index in [2.05, 4.69) is 23.4 Å². The van der Waals surface area contributed by atoms with Gasteiger partial charge in [-0.25, -0.2) is 0 Å². The molecule has 0 spiro atoms. The van der Waals surface area contributed by atoms with Gasteiger partial charge in [-0.05, 0) is 45.4 Å². The summed E-state index contributed by atoms with van der Waals surface area (Å²) in [6, 6.07) is 9.93. The number of aromatic nitrogens is 2. The molecule has 0 amide bonds. The smallest absolute Gasteiger partial charge is 0.310 e. The molecule has 26 heavy (non-hydrogen) atoms. The normalized spacial score (nSPS) is 11.3. The van der Waals surface area contributed by atoms with Gasteiger partial charge in [0, 0.05) is 40.1 Å². The van der Waals surface area contributed by atoms with Crippen LogP contribution >= 0.6 is 0 Å². The maximum Gasteiger partial charge on any atom is 0.310 e. The Hall–Kier alpha value is -2.82. The molecule has 0 unspecified atom stereocenters. The van der Waals surface area contributed by atoms with E-state index in [0.29, 0.717) is 5.56 Å². The van der Waals surface area contributed by atoms with Gasteiger partial charge < -0.3 is 14.3 Å². The van der Waals surface area contributed by atoms with Crippen molar-refractivity contribution in [2.24, 2.45) is 0 Å². The molecule has 3 aromatic rings. The summed E-state index contributed by atoms with van der Waals surface area (Å²) >= 11 is 0. The zero-order valence-electron chi connectivity index (χ0n) is 15.6. The first-order valence-corrected chi connectivity index (χ1v) is 8.80. The lowest BCUT2D eigenvalue weighted by Crippen LogP contribution is -2.16. The molecule has 0 radical (unpaired) electrons. The lowest BCUT2D eigenvalue weighted by atomic mass is 10.1. The van der Waals surface area contributed by atoms with Gasteiger partial charge in [-0.2, -0.15) is 0 Å². The van der Waals surface area contributed by atoms with Crippen LogP contribution in [0, 0.1) is 13.8 Å². The van der Waals surface area contributed by atoms with Crippen LogP contribution in [0.25, 0.3) is 10.9 Å². The largest absolute Gasteiger partial charge is 0.457 e. The summed E-state index contributed by atoms with van der Waals surface area (Å²) in [5.74, 6) is -0.571. The number of benzene rings is 1. The van der Waals surface area contributed by atoms with E-state index in [1.165, 1.54) is 0 Å². The number of ether oxygens (including phenoxy) is 1. The van der Waals surface area contributed by atoms with Crippen molar-refractivity contribution >= 4 is 22.7 Å². The quantitative estimate of drug-likeness (QED) is 0.536. The van der Waals surface area contributed by atoms with E-state index in [1.807, 2.05) is 50.4 Å². The number of aromatic amines is 1. The fourth-order valence-electron chi connectivity index (χ4n) is 3.56. The molecular formula is C21H24N2O3. The Morgan fingerprint density at radius 1 is 1.19 bits per heavy atom. The highest BCUT2D eigenvalue weighted by molar-refractivity contribution is 5.99. The third-order valence-corrected chi connectivity index (χ3v) is 4.68. The first-order valence-electron chi connectivity index (χ1n) is 8.80. The molecule has 5 nitrogen and oxygen atoms in total. The third kappa shape index (κ3) is 3.43. The Kier molecular flexibility index (Phi) is 4.98. The van der Waals surface area contributed by atoms with E-state index in [-0.39, 0.29) is 24.9 Å². The van der Waals surface area contributed by atoms with Gasteiger partial charge in [0.2, 0.25) is 5.78 Å². The lowest BCUT2D eigenvalue weighted by molar-refractivity contribution is -0.141. The average molecular weight is 352 g/mol. The molecule has 0 saturated heterocycles. The predicted octanol–water partition coefficient (Wildman–Crippen LogP) is 4.14. The molecule has 0 aliphatic rings. The minimum absolute atomic E-state index is 0.141. The molecular weight excluding hydrogens is 328 g/mol. The van der Waals surface area contributed by atoms with Gasteiger partial charge in [-0.3, -0.25) is 9.59 Å². The summed E-state index contributed by atoms with van der Waals surface area (Å²) in [5.41, 5.74) is 4.42. The molecule has 1 aromatic carbocycles. The van der Waals surface area contributed by atoms with Crippen LogP contribution in [-0.2, 0) is 16.0 Å². The first-order chi connectivity index (χ1) is 12.4. The zero-order chi connectivity index (χ0) is 18.8. The standard InChI is InChI=1S/C21H24N2O3/c1-13(2)23-14(3)9-18(15(23)4)20(24)12-26-21(25)10-16-11-22-19-8-6-5-7-17(16)19/h5-9,11,13,22H,10,12H2,1-4H3. The molecule has 0 saturated carbocycles. The predicted molar refractivity (Wildman–Crippen MR) is 102 cm³/mol. The van der Waals surface area contributed by atoms with Crippen LogP contribution in [-0.4, -0.2) is 27.9 Å². The number of hydrogen-bond donors (Lipinski definition) is 1. The van der Waals surface area contributed by atoms with Crippen LogP contribution in [0.15, 0.2) is 36.5 Å². The number of H-pyrrole nitrogens is 1. The number of Topliss-reactive ketones (excluding diaryl/α,β-unsaturated/α-hetero) is 1. The van der Waals surface area contributed by atoms with Crippen molar-refractivity contribution in [2.45, 2.75) is 40.2 Å². The van der Waals surface area contributed by atoms with Crippen molar-refractivity contribution in [1.82, 2.24) is 9.55 Å². The third-order valence-electron chi connectivity index (χ3n) is 4.68. The topological polar surface area (TPSA) is 64.1 Å². The molecule has 0 aliphatic carbocycles. The Labute approximate surface area is 153 Å². The Morgan fingerprint density at radius 2 is 1.92 bits per heavy atom. The number of esters is 1. The maximum absolute atomic E-state index is 12.5. The summed E-state index contributed by atoms with van der Waals surface area (Å²) < 4.78 is 7.35. The van der Waals surface area contributed by atoms with E-state index >= 15 is 0 Å². The highest BCUT2D eigenvalue weighted by atomic mass is 16.5. The minimum Gasteiger partial charge on any atom is -0.457 e. The fraction of sp³-hybridized carbons (Fsp3) is 0.333. The molecule has 3 rings (SSSR count). The second-order valence-electron chi connectivity index (χ2n) is 6.87. The summed E-state index contributed by atoms with van der Waals surface area (Å²) in [4.78, 5) is 27.8. The summed E-state index contributed by atoms with van der Waals surface area (Å²) in [6.45, 7) is 7.83. The highest BCUT2D eigenvalue weighted by Gasteiger charge is 2.19. The minimum atomic E-state index is -0.402. The van der Waals surface area contributed by atoms with Crippen molar-refractivity contribution < 1.29 is 14.3 Å². The SMILES string of the molecule is Cc1cc(C(=O)COC(=O)Cc2c[nH]c3ccccc23)c(C)n1C(C)C. The highest BCUT2D eigenvalue weighted by Crippen LogP contribution is 2.21. The first kappa shape index (κ1) is 18.0. The second kappa shape index (κ2) is 7.20. The van der Waals surface area contributed by atoms with Crippen molar-refractivity contribution in [3.63, 3.8) is 0 Å². The van der Waals surface area contributed by atoms with Gasteiger partial charge >= 0.3 is 5.97 Å². The van der Waals surface area contributed by atoms with Crippen LogP contribution in [0.3, 0.4) is 0 Å². The molecule has 0 fully saturated rings. The van der Waals surface area contributed by atoms with Crippen molar-refractivity contribution in [3.05, 3.63) is 59.0 Å². The zero-order valence-corrected chi connectivity index (χ0v) is 15.6. The Balaban J connectivity index is 1.64. The molecule has 136 valence electrons. The number of ketones is 1. The summed E-state index contributed by atoms with van der Waals surface area (Å²) in [7, 11) is 0. The van der Waals surface area contributed by atoms with Crippen LogP contribution in [0.1, 0.15) is 47.2 Å². The van der Waals surface area contributed by atoms with Crippen molar-refractivity contribution in [3.8, 4) is 0 Å². The van der Waals surface area contributed by atoms with Gasteiger partial charge in [0.05, 0.1) is 6.42 Å². The molecule has 0 atom stereocenters. The Bertz CT molecular complexity index is 963. The van der Waals surface area contributed by atoms with E-state index in [4.69, 9.17) is 4.74 Å². The maximum atomic E-state index is 12.5. The van der Waals surface area contributed by atoms with Crippen LogP contribution in [0.4, 0.5) is 0 Å². The lowest BCUT2D eigenvalue weighted by Gasteiger charge is -2.13. The van der Waals surface area contributed by atoms with Crippen LogP contribution in [0.2, 0.25) is 0 Å². The molecule has 0 aliphatic heterocycles. The van der Waals surface area contributed by atoms with Crippen LogP contribution in [0.5, 0.6) is 0 Å². The summed E-state index contributed by atoms with van der Waals surface area (Å²) in [5, 5.41) is 0.997. The fourth-order valence-corrected chi connectivity index (χ4v) is 3.56. The average Bonchev–Trinajstić information content (AvgIpc) is 3.13. The summed E-state index contributed by atoms with van der Waals surface area (Å²) in [6.07, 6.45) is 1.95. The van der Waals surface area contributed by atoms with Crippen molar-refractivity contribution in [2.75, 3.05) is 6.61 Å². The van der Waals surface area contributed by atoms with E-state index in [0.717, 1.165) is 27.9 Å². The van der Waals surface area contributed by atoms with Gasteiger partial charge in [0.1, 0.15) is 0 Å². The molecule has 2 aromatic heterocycles. The van der Waals surface area contributed by atoms with E-state index < -0.39 is 5.97 Å². The Morgan fingerprint density at radius 3 is 2.62 bits per heavy atom. The number of fused-ring (bicyclic) bond motifs is 1. The van der Waals surface area contributed by atoms with E-state index in [9.17, 15) is 9.59 Å². The molecule has 2 heterocycles. The van der Waals surface area contributed by atoms with Gasteiger partial charge in [-0.1, -0.05) is 18.2 Å². The number of nitrogens with zero attached hydrogens (tertiary/aromatic N) is 1. The monoisotopic (exact) mass is 352 g/mol. The second-order valence-corrected chi connectivity index (χ2v) is 6.87. The molecule has 5 heteroatoms. The van der Waals surface area contributed by atoms with Gasteiger partial charge in [0.15, 0.2) is 6.61 Å². The molecule has 1 N–H and O–H groups in total. The number of aryl methyl sites for hydroxylation is 1. The van der Waals surface area contributed by atoms with Gasteiger partial charge in [0.25, 0.3) is 0 Å². The number of nitrogens with one attached hydrogen (secondary N) is 1. The van der Waals surface area contributed by atoms with Gasteiger partial charge in [-0.15, -0.1) is 0 Å². The number of carbonyl (C=O) groups excluding carboxylic acids is 2. The van der Waals surface area contributed by atoms with E-state index in [1.54, 1.807) is 0 Å². The number of carbonyl (C=O) groups is 2.